The molecule has 0 radical (unpaired) electrons. The second kappa shape index (κ2) is 8.40. The SMILES string of the molecule is COC(=O)C1(C(=O)OC)C[C@@H](OC)C(c2ccccc2)=C[C@@H]1c1ccccc1. The first-order valence-corrected chi connectivity index (χ1v) is 9.10. The number of allylic oxidation sites excluding steroid dienone is 1. The van der Waals surface area contributed by atoms with E-state index in [-0.39, 0.29) is 6.42 Å². The van der Waals surface area contributed by atoms with Crippen molar-refractivity contribution in [2.75, 3.05) is 21.3 Å². The van der Waals surface area contributed by atoms with E-state index in [1.165, 1.54) is 14.2 Å². The lowest BCUT2D eigenvalue weighted by atomic mass is 9.63. The minimum Gasteiger partial charge on any atom is -0.468 e. The molecule has 2 aromatic carbocycles. The number of hydrogen-bond acceptors (Lipinski definition) is 5. The van der Waals surface area contributed by atoms with E-state index >= 15 is 0 Å². The lowest BCUT2D eigenvalue weighted by Crippen LogP contribution is -2.50. The Labute approximate surface area is 164 Å². The predicted octanol–water partition coefficient (Wildman–Crippen LogP) is 3.60. The summed E-state index contributed by atoms with van der Waals surface area (Å²) in [5.41, 5.74) is 1.23. The summed E-state index contributed by atoms with van der Waals surface area (Å²) in [5.74, 6) is -1.80. The highest BCUT2D eigenvalue weighted by Gasteiger charge is 2.58. The lowest BCUT2D eigenvalue weighted by Gasteiger charge is -2.41. The molecule has 2 atom stereocenters. The van der Waals surface area contributed by atoms with Crippen LogP contribution in [0.5, 0.6) is 0 Å². The van der Waals surface area contributed by atoms with Crippen molar-refractivity contribution in [3.63, 3.8) is 0 Å². The van der Waals surface area contributed by atoms with Crippen molar-refractivity contribution >= 4 is 17.5 Å². The van der Waals surface area contributed by atoms with Gasteiger partial charge in [0.25, 0.3) is 0 Å². The number of methoxy groups -OCH3 is 3. The van der Waals surface area contributed by atoms with Crippen molar-refractivity contribution in [2.24, 2.45) is 5.41 Å². The first-order valence-electron chi connectivity index (χ1n) is 9.10. The molecule has 0 saturated heterocycles. The molecule has 1 aliphatic carbocycles. The van der Waals surface area contributed by atoms with Crippen LogP contribution in [-0.4, -0.2) is 39.4 Å². The highest BCUT2D eigenvalue weighted by atomic mass is 16.5. The van der Waals surface area contributed by atoms with Gasteiger partial charge in [-0.1, -0.05) is 66.7 Å². The van der Waals surface area contributed by atoms with Crippen LogP contribution >= 0.6 is 0 Å². The average Bonchev–Trinajstić information content (AvgIpc) is 2.78. The van der Waals surface area contributed by atoms with Crippen LogP contribution in [0.1, 0.15) is 23.5 Å². The zero-order valence-electron chi connectivity index (χ0n) is 16.3. The van der Waals surface area contributed by atoms with Gasteiger partial charge in [-0.2, -0.15) is 0 Å². The highest BCUT2D eigenvalue weighted by Crippen LogP contribution is 2.50. The number of carbonyl (C=O) groups excluding carboxylic acids is 2. The van der Waals surface area contributed by atoms with E-state index in [4.69, 9.17) is 14.2 Å². The number of ether oxygens (including phenoxy) is 3. The van der Waals surface area contributed by atoms with Gasteiger partial charge in [0.05, 0.1) is 20.3 Å². The average molecular weight is 380 g/mol. The van der Waals surface area contributed by atoms with Gasteiger partial charge in [0, 0.05) is 19.4 Å². The molecule has 28 heavy (non-hydrogen) atoms. The van der Waals surface area contributed by atoms with Gasteiger partial charge in [0.2, 0.25) is 0 Å². The predicted molar refractivity (Wildman–Crippen MR) is 105 cm³/mol. The zero-order valence-corrected chi connectivity index (χ0v) is 16.3. The van der Waals surface area contributed by atoms with E-state index < -0.39 is 29.4 Å². The maximum Gasteiger partial charge on any atom is 0.324 e. The summed E-state index contributed by atoms with van der Waals surface area (Å²) >= 11 is 0. The van der Waals surface area contributed by atoms with E-state index in [0.29, 0.717) is 0 Å². The maximum atomic E-state index is 13.0. The molecular formula is C23H24O5. The standard InChI is InChI=1S/C23H24O5/c1-26-20-15-23(21(24)27-2,22(25)28-3)19(17-12-8-5-9-13-17)14-18(20)16-10-6-4-7-11-16/h4-14,19-20H,15H2,1-3H3/t19-,20-/m1/s1. The van der Waals surface area contributed by atoms with Crippen LogP contribution in [0.15, 0.2) is 66.7 Å². The largest absolute Gasteiger partial charge is 0.468 e. The van der Waals surface area contributed by atoms with Crippen LogP contribution in [-0.2, 0) is 23.8 Å². The van der Waals surface area contributed by atoms with Crippen molar-refractivity contribution in [1.82, 2.24) is 0 Å². The lowest BCUT2D eigenvalue weighted by molar-refractivity contribution is -0.173. The monoisotopic (exact) mass is 380 g/mol. The number of benzene rings is 2. The molecule has 0 fully saturated rings. The van der Waals surface area contributed by atoms with Gasteiger partial charge in [-0.05, 0) is 16.7 Å². The normalized spacial score (nSPS) is 20.8. The minimum absolute atomic E-state index is 0.128. The number of carbonyl (C=O) groups is 2. The molecule has 0 spiro atoms. The Hall–Kier alpha value is -2.92. The van der Waals surface area contributed by atoms with E-state index in [1.807, 2.05) is 66.7 Å². The molecule has 0 aromatic heterocycles. The quantitative estimate of drug-likeness (QED) is 0.586. The van der Waals surface area contributed by atoms with Crippen LogP contribution in [0.3, 0.4) is 0 Å². The summed E-state index contributed by atoms with van der Waals surface area (Å²) < 4.78 is 15.9. The third-order valence-electron chi connectivity index (χ3n) is 5.38. The van der Waals surface area contributed by atoms with Crippen molar-refractivity contribution in [3.8, 4) is 0 Å². The second-order valence-corrected chi connectivity index (χ2v) is 6.76. The van der Waals surface area contributed by atoms with Crippen molar-refractivity contribution in [3.05, 3.63) is 77.9 Å². The molecule has 0 amide bonds. The van der Waals surface area contributed by atoms with E-state index in [1.54, 1.807) is 7.11 Å². The second-order valence-electron chi connectivity index (χ2n) is 6.76. The topological polar surface area (TPSA) is 61.8 Å². The van der Waals surface area contributed by atoms with Crippen LogP contribution in [0.25, 0.3) is 5.57 Å². The molecule has 0 heterocycles. The van der Waals surface area contributed by atoms with Gasteiger partial charge in [-0.25, -0.2) is 0 Å². The molecule has 146 valence electrons. The van der Waals surface area contributed by atoms with E-state index in [0.717, 1.165) is 16.7 Å². The van der Waals surface area contributed by atoms with E-state index in [9.17, 15) is 9.59 Å². The van der Waals surface area contributed by atoms with Crippen LogP contribution < -0.4 is 0 Å². The molecule has 0 unspecified atom stereocenters. The zero-order chi connectivity index (χ0) is 20.1. The first kappa shape index (κ1) is 19.8. The minimum atomic E-state index is -1.52. The summed E-state index contributed by atoms with van der Waals surface area (Å²) in [4.78, 5) is 25.9. The molecule has 5 nitrogen and oxygen atoms in total. The van der Waals surface area contributed by atoms with Crippen molar-refractivity contribution < 1.29 is 23.8 Å². The van der Waals surface area contributed by atoms with Gasteiger partial charge in [-0.15, -0.1) is 0 Å². The number of hydrogen-bond donors (Lipinski definition) is 0. The van der Waals surface area contributed by atoms with Crippen LogP contribution in [0.2, 0.25) is 0 Å². The molecular weight excluding hydrogens is 356 g/mol. The Kier molecular flexibility index (Phi) is 5.95. The maximum absolute atomic E-state index is 13.0. The van der Waals surface area contributed by atoms with Gasteiger partial charge in [0.15, 0.2) is 5.41 Å². The van der Waals surface area contributed by atoms with Crippen LogP contribution in [0.4, 0.5) is 0 Å². The summed E-state index contributed by atoms with van der Waals surface area (Å²) in [7, 11) is 4.14. The molecule has 1 aliphatic rings. The summed E-state index contributed by atoms with van der Waals surface area (Å²) in [6.07, 6.45) is 1.61. The first-order chi connectivity index (χ1) is 13.6. The summed E-state index contributed by atoms with van der Waals surface area (Å²) in [5, 5.41) is 0. The fourth-order valence-electron chi connectivity index (χ4n) is 3.99. The van der Waals surface area contributed by atoms with Gasteiger partial charge < -0.3 is 14.2 Å². The fraction of sp³-hybridized carbons (Fsp3) is 0.304. The van der Waals surface area contributed by atoms with Gasteiger partial charge in [-0.3, -0.25) is 9.59 Å². The summed E-state index contributed by atoms with van der Waals surface area (Å²) in [6, 6.07) is 19.3. The van der Waals surface area contributed by atoms with Gasteiger partial charge >= 0.3 is 11.9 Å². The molecule has 0 aliphatic heterocycles. The third-order valence-corrected chi connectivity index (χ3v) is 5.38. The fourth-order valence-corrected chi connectivity index (χ4v) is 3.99. The Morgan fingerprint density at radius 3 is 1.89 bits per heavy atom. The molecule has 0 bridgehead atoms. The highest BCUT2D eigenvalue weighted by molar-refractivity contribution is 6.03. The van der Waals surface area contributed by atoms with E-state index in [2.05, 4.69) is 0 Å². The molecule has 0 N–H and O–H groups in total. The van der Waals surface area contributed by atoms with Crippen LogP contribution in [0, 0.1) is 5.41 Å². The smallest absolute Gasteiger partial charge is 0.324 e. The number of rotatable bonds is 5. The molecule has 0 saturated carbocycles. The number of esters is 2. The molecule has 3 rings (SSSR count). The Bertz CT molecular complexity index is 841. The molecule has 2 aromatic rings. The molecule has 5 heteroatoms. The Morgan fingerprint density at radius 2 is 1.39 bits per heavy atom. The van der Waals surface area contributed by atoms with Gasteiger partial charge in [0.1, 0.15) is 0 Å². The Morgan fingerprint density at radius 1 is 0.857 bits per heavy atom. The third kappa shape index (κ3) is 3.34. The Balaban J connectivity index is 2.26. The van der Waals surface area contributed by atoms with Crippen molar-refractivity contribution in [1.29, 1.82) is 0 Å². The summed E-state index contributed by atoms with van der Waals surface area (Å²) in [6.45, 7) is 0. The van der Waals surface area contributed by atoms with Crippen molar-refractivity contribution in [2.45, 2.75) is 18.4 Å².